The third-order valence-electron chi connectivity index (χ3n) is 6.31. The summed E-state index contributed by atoms with van der Waals surface area (Å²) >= 11 is 7.29. The Labute approximate surface area is 203 Å². The quantitative estimate of drug-likeness (QED) is 0.472. The SMILES string of the molecule is Cc1cc(C)c(C)c(S(=O)(=O)N2CCN(c3nc(Cc4ccc(Cl)c(F)c4)cs3)CC2)c1C. The van der Waals surface area contributed by atoms with Crippen LogP contribution < -0.4 is 4.90 Å². The van der Waals surface area contributed by atoms with Gasteiger partial charge in [0, 0.05) is 38.0 Å². The Bertz CT molecular complexity index is 1270. The molecule has 3 aromatic rings. The van der Waals surface area contributed by atoms with Gasteiger partial charge in [-0.05, 0) is 67.6 Å². The maximum absolute atomic E-state index is 13.7. The lowest BCUT2D eigenvalue weighted by Crippen LogP contribution is -2.49. The molecule has 0 radical (unpaired) electrons. The molecule has 1 fully saturated rings. The number of aromatic nitrogens is 1. The average Bonchev–Trinajstić information content (AvgIpc) is 3.23. The van der Waals surface area contributed by atoms with Gasteiger partial charge in [-0.25, -0.2) is 17.8 Å². The van der Waals surface area contributed by atoms with Gasteiger partial charge in [-0.1, -0.05) is 23.7 Å². The smallest absolute Gasteiger partial charge is 0.243 e. The van der Waals surface area contributed by atoms with Gasteiger partial charge in [-0.3, -0.25) is 0 Å². The molecule has 9 heteroatoms. The molecule has 176 valence electrons. The highest BCUT2D eigenvalue weighted by atomic mass is 35.5. The normalized spacial score (nSPS) is 15.3. The van der Waals surface area contributed by atoms with Gasteiger partial charge in [0.15, 0.2) is 5.13 Å². The van der Waals surface area contributed by atoms with Gasteiger partial charge < -0.3 is 4.90 Å². The van der Waals surface area contributed by atoms with E-state index in [1.807, 2.05) is 39.1 Å². The number of halogens is 2. The molecule has 1 aromatic heterocycles. The summed E-state index contributed by atoms with van der Waals surface area (Å²) in [5, 5.41) is 2.93. The van der Waals surface area contributed by atoms with Crippen LogP contribution in [0, 0.1) is 33.5 Å². The van der Waals surface area contributed by atoms with E-state index in [9.17, 15) is 12.8 Å². The van der Waals surface area contributed by atoms with Gasteiger partial charge in [-0.2, -0.15) is 4.31 Å². The molecule has 0 spiro atoms. The van der Waals surface area contributed by atoms with Gasteiger partial charge in [0.1, 0.15) is 5.82 Å². The number of hydrogen-bond acceptors (Lipinski definition) is 5. The van der Waals surface area contributed by atoms with Crippen molar-refractivity contribution < 1.29 is 12.8 Å². The molecule has 0 N–H and O–H groups in total. The summed E-state index contributed by atoms with van der Waals surface area (Å²) in [5.74, 6) is -0.434. The van der Waals surface area contributed by atoms with Crippen LogP contribution in [0.1, 0.15) is 33.5 Å². The van der Waals surface area contributed by atoms with E-state index in [4.69, 9.17) is 16.6 Å². The summed E-state index contributed by atoms with van der Waals surface area (Å²) in [7, 11) is -3.57. The van der Waals surface area contributed by atoms with Crippen LogP contribution in [-0.2, 0) is 16.4 Å². The Morgan fingerprint density at radius 2 is 1.67 bits per heavy atom. The van der Waals surface area contributed by atoms with Crippen LogP contribution in [0.15, 0.2) is 34.5 Å². The fraction of sp³-hybridized carbons (Fsp3) is 0.375. The van der Waals surface area contributed by atoms with Gasteiger partial charge in [0.2, 0.25) is 10.0 Å². The predicted molar refractivity (Wildman–Crippen MR) is 133 cm³/mol. The molecule has 0 unspecified atom stereocenters. The molecule has 2 heterocycles. The molecule has 33 heavy (non-hydrogen) atoms. The summed E-state index contributed by atoms with van der Waals surface area (Å²) in [6, 6.07) is 6.82. The van der Waals surface area contributed by atoms with Gasteiger partial charge in [0.25, 0.3) is 0 Å². The second-order valence-corrected chi connectivity index (χ2v) is 11.6. The monoisotopic (exact) mass is 507 g/mol. The zero-order valence-electron chi connectivity index (χ0n) is 19.2. The van der Waals surface area contributed by atoms with Gasteiger partial charge >= 0.3 is 0 Å². The zero-order valence-corrected chi connectivity index (χ0v) is 21.5. The number of nitrogens with zero attached hydrogens (tertiary/aromatic N) is 3. The van der Waals surface area contributed by atoms with Crippen molar-refractivity contribution in [3.63, 3.8) is 0 Å². The first-order valence-electron chi connectivity index (χ1n) is 10.8. The van der Waals surface area contributed by atoms with E-state index in [1.165, 1.54) is 17.4 Å². The Hall–Kier alpha value is -2.00. The van der Waals surface area contributed by atoms with Crippen molar-refractivity contribution in [1.29, 1.82) is 0 Å². The highest BCUT2D eigenvalue weighted by Gasteiger charge is 2.32. The van der Waals surface area contributed by atoms with Crippen LogP contribution >= 0.6 is 22.9 Å². The number of hydrogen-bond donors (Lipinski definition) is 0. The van der Waals surface area contributed by atoms with Crippen molar-refractivity contribution in [1.82, 2.24) is 9.29 Å². The van der Waals surface area contributed by atoms with Crippen molar-refractivity contribution in [3.8, 4) is 0 Å². The molecule has 0 amide bonds. The summed E-state index contributed by atoms with van der Waals surface area (Å²) in [4.78, 5) is 7.26. The first-order chi connectivity index (χ1) is 15.6. The molecular weight excluding hydrogens is 481 g/mol. The van der Waals surface area contributed by atoms with Crippen molar-refractivity contribution in [2.45, 2.75) is 39.0 Å². The number of anilines is 1. The largest absolute Gasteiger partial charge is 0.345 e. The molecule has 4 rings (SSSR count). The first-order valence-corrected chi connectivity index (χ1v) is 13.5. The molecular formula is C24H27ClFN3O2S2. The number of benzene rings is 2. The maximum Gasteiger partial charge on any atom is 0.243 e. The third kappa shape index (κ3) is 4.80. The molecule has 0 saturated carbocycles. The second-order valence-electron chi connectivity index (χ2n) is 8.53. The van der Waals surface area contributed by atoms with E-state index in [1.54, 1.807) is 16.4 Å². The zero-order chi connectivity index (χ0) is 23.9. The minimum atomic E-state index is -3.57. The maximum atomic E-state index is 13.7. The summed E-state index contributed by atoms with van der Waals surface area (Å²) in [5.41, 5.74) is 5.29. The first kappa shape index (κ1) is 24.1. The van der Waals surface area contributed by atoms with Crippen molar-refractivity contribution in [2.24, 2.45) is 0 Å². The van der Waals surface area contributed by atoms with E-state index in [0.717, 1.165) is 38.6 Å². The van der Waals surface area contributed by atoms with Crippen LogP contribution in [0.25, 0.3) is 0 Å². The minimum Gasteiger partial charge on any atom is -0.345 e. The third-order valence-corrected chi connectivity index (χ3v) is 9.74. The molecule has 1 aliphatic heterocycles. The van der Waals surface area contributed by atoms with E-state index >= 15 is 0 Å². The van der Waals surface area contributed by atoms with Crippen LogP contribution in [0.5, 0.6) is 0 Å². The van der Waals surface area contributed by atoms with Crippen molar-refractivity contribution >= 4 is 38.1 Å². The number of thiazole rings is 1. The van der Waals surface area contributed by atoms with Crippen molar-refractivity contribution in [2.75, 3.05) is 31.1 Å². The highest BCUT2D eigenvalue weighted by molar-refractivity contribution is 7.89. The fourth-order valence-corrected chi connectivity index (χ4v) is 7.19. The molecule has 1 aliphatic rings. The molecule has 2 aromatic carbocycles. The molecule has 1 saturated heterocycles. The topological polar surface area (TPSA) is 53.5 Å². The van der Waals surface area contributed by atoms with Crippen LogP contribution in [0.4, 0.5) is 9.52 Å². The predicted octanol–water partition coefficient (Wildman–Crippen LogP) is 5.27. The average molecular weight is 508 g/mol. The standard InChI is InChI=1S/C24H27ClFN3O2S2/c1-15-11-16(2)18(4)23(17(15)3)33(30,31)29-9-7-28(8-10-29)24-27-20(14-32-24)12-19-5-6-21(25)22(26)13-19/h5-6,11,13-14H,7-10,12H2,1-4H3. The van der Waals surface area contributed by atoms with Gasteiger partial charge in [-0.15, -0.1) is 11.3 Å². The number of piperazine rings is 1. The van der Waals surface area contributed by atoms with Crippen molar-refractivity contribution in [3.05, 3.63) is 74.0 Å². The Kier molecular flexibility index (Phi) is 6.82. The lowest BCUT2D eigenvalue weighted by Gasteiger charge is -2.34. The molecule has 0 bridgehead atoms. The second kappa shape index (κ2) is 9.33. The van der Waals surface area contributed by atoms with Crippen LogP contribution in [0.2, 0.25) is 5.02 Å². The molecule has 0 aliphatic carbocycles. The number of sulfonamides is 1. The Morgan fingerprint density at radius 1 is 1.03 bits per heavy atom. The fourth-order valence-electron chi connectivity index (χ4n) is 4.20. The van der Waals surface area contributed by atoms with E-state index < -0.39 is 15.8 Å². The Balaban J connectivity index is 1.46. The number of rotatable bonds is 5. The van der Waals surface area contributed by atoms with Crippen LogP contribution in [-0.4, -0.2) is 43.9 Å². The van der Waals surface area contributed by atoms with E-state index in [-0.39, 0.29) is 5.02 Å². The lowest BCUT2D eigenvalue weighted by molar-refractivity contribution is 0.384. The highest BCUT2D eigenvalue weighted by Crippen LogP contribution is 2.30. The Morgan fingerprint density at radius 3 is 2.27 bits per heavy atom. The van der Waals surface area contributed by atoms with E-state index in [2.05, 4.69) is 4.90 Å². The summed E-state index contributed by atoms with van der Waals surface area (Å²) in [6.45, 7) is 9.64. The molecule has 0 atom stereocenters. The van der Waals surface area contributed by atoms with Gasteiger partial charge in [0.05, 0.1) is 15.6 Å². The number of aryl methyl sites for hydroxylation is 2. The van der Waals surface area contributed by atoms with Crippen LogP contribution in [0.3, 0.4) is 0 Å². The summed E-state index contributed by atoms with van der Waals surface area (Å²) in [6.07, 6.45) is 0.518. The summed E-state index contributed by atoms with van der Waals surface area (Å²) < 4.78 is 42.3. The van der Waals surface area contributed by atoms with E-state index in [0.29, 0.717) is 37.5 Å². The minimum absolute atomic E-state index is 0.108. The molecule has 5 nitrogen and oxygen atoms in total. The lowest BCUT2D eigenvalue weighted by atomic mass is 10.0.